The van der Waals surface area contributed by atoms with Gasteiger partial charge in [0.05, 0.1) is 18.0 Å². The van der Waals surface area contributed by atoms with Crippen molar-refractivity contribution in [3.63, 3.8) is 0 Å². The second-order valence-electron chi connectivity index (χ2n) is 3.59. The van der Waals surface area contributed by atoms with Crippen molar-refractivity contribution in [2.75, 3.05) is 0 Å². The van der Waals surface area contributed by atoms with Crippen LogP contribution in [0, 0.1) is 0 Å². The van der Waals surface area contributed by atoms with E-state index in [1.165, 1.54) is 6.92 Å². The maximum absolute atomic E-state index is 10.6. The molecule has 5 nitrogen and oxygen atoms in total. The van der Waals surface area contributed by atoms with E-state index in [0.717, 1.165) is 24.4 Å². The van der Waals surface area contributed by atoms with Crippen molar-refractivity contribution in [2.45, 2.75) is 46.4 Å². The molecule has 16 heavy (non-hydrogen) atoms. The average molecular weight is 226 g/mol. The number of carboxylic acids is 1. The van der Waals surface area contributed by atoms with Crippen molar-refractivity contribution >= 4 is 5.97 Å². The molecule has 5 heteroatoms. The molecular formula is C11H18N2O3. The van der Waals surface area contributed by atoms with Crippen molar-refractivity contribution in [3.8, 4) is 0 Å². The molecule has 0 saturated heterocycles. The van der Waals surface area contributed by atoms with Gasteiger partial charge in [0.25, 0.3) is 0 Å². The SMILES string of the molecule is CCc1cc(CO[C@@H](C)C(=O)O)n(CC)n1. The zero-order valence-electron chi connectivity index (χ0n) is 9.93. The highest BCUT2D eigenvalue weighted by molar-refractivity contribution is 5.71. The molecule has 0 aliphatic rings. The number of carbonyl (C=O) groups is 1. The van der Waals surface area contributed by atoms with Crippen LogP contribution in [0.3, 0.4) is 0 Å². The molecular weight excluding hydrogens is 208 g/mol. The Morgan fingerprint density at radius 3 is 2.81 bits per heavy atom. The lowest BCUT2D eigenvalue weighted by molar-refractivity contribution is -0.150. The van der Waals surface area contributed by atoms with E-state index in [4.69, 9.17) is 9.84 Å². The first-order valence-electron chi connectivity index (χ1n) is 5.48. The summed E-state index contributed by atoms with van der Waals surface area (Å²) in [7, 11) is 0. The molecule has 0 unspecified atom stereocenters. The molecule has 1 aromatic heterocycles. The van der Waals surface area contributed by atoms with Gasteiger partial charge < -0.3 is 9.84 Å². The predicted molar refractivity (Wildman–Crippen MR) is 59.2 cm³/mol. The summed E-state index contributed by atoms with van der Waals surface area (Å²) in [5.74, 6) is -0.946. The molecule has 0 aromatic carbocycles. The van der Waals surface area contributed by atoms with Crippen molar-refractivity contribution in [1.82, 2.24) is 9.78 Å². The number of hydrogen-bond acceptors (Lipinski definition) is 3. The minimum atomic E-state index is -0.946. The monoisotopic (exact) mass is 226 g/mol. The maximum Gasteiger partial charge on any atom is 0.332 e. The molecule has 0 aliphatic heterocycles. The fourth-order valence-corrected chi connectivity index (χ4v) is 1.36. The second kappa shape index (κ2) is 5.65. The van der Waals surface area contributed by atoms with Gasteiger partial charge in [0.1, 0.15) is 0 Å². The molecule has 1 rings (SSSR count). The zero-order valence-corrected chi connectivity index (χ0v) is 9.93. The van der Waals surface area contributed by atoms with Crippen LogP contribution in [0.4, 0.5) is 0 Å². The van der Waals surface area contributed by atoms with Gasteiger partial charge in [-0.1, -0.05) is 6.92 Å². The van der Waals surface area contributed by atoms with Gasteiger partial charge >= 0.3 is 5.97 Å². The van der Waals surface area contributed by atoms with Gasteiger partial charge in [-0.3, -0.25) is 4.68 Å². The van der Waals surface area contributed by atoms with E-state index < -0.39 is 12.1 Å². The van der Waals surface area contributed by atoms with Crippen molar-refractivity contribution in [2.24, 2.45) is 0 Å². The first-order valence-corrected chi connectivity index (χ1v) is 5.48. The van der Waals surface area contributed by atoms with Crippen molar-refractivity contribution < 1.29 is 14.6 Å². The Kier molecular flexibility index (Phi) is 4.49. The first kappa shape index (κ1) is 12.7. The van der Waals surface area contributed by atoms with E-state index in [0.29, 0.717) is 0 Å². The number of nitrogens with zero attached hydrogens (tertiary/aromatic N) is 2. The molecule has 0 saturated carbocycles. The number of carboxylic acid groups (broad SMARTS) is 1. The summed E-state index contributed by atoms with van der Waals surface area (Å²) in [6.45, 7) is 6.60. The molecule has 0 spiro atoms. The van der Waals surface area contributed by atoms with Crippen molar-refractivity contribution in [3.05, 3.63) is 17.5 Å². The smallest absolute Gasteiger partial charge is 0.332 e. The lowest BCUT2D eigenvalue weighted by Crippen LogP contribution is -2.20. The quantitative estimate of drug-likeness (QED) is 0.797. The molecule has 1 heterocycles. The van der Waals surface area contributed by atoms with Crippen LogP contribution in [0.1, 0.15) is 32.2 Å². The Labute approximate surface area is 95.0 Å². The Hall–Kier alpha value is -1.36. The predicted octanol–water partition coefficient (Wildman–Crippen LogP) is 1.46. The molecule has 1 aromatic rings. The molecule has 0 fully saturated rings. The lowest BCUT2D eigenvalue weighted by atomic mass is 10.3. The van der Waals surface area contributed by atoms with E-state index in [1.54, 1.807) is 0 Å². The highest BCUT2D eigenvalue weighted by Gasteiger charge is 2.13. The zero-order chi connectivity index (χ0) is 12.1. The first-order chi connectivity index (χ1) is 7.58. The molecule has 0 radical (unpaired) electrons. The highest BCUT2D eigenvalue weighted by atomic mass is 16.5. The largest absolute Gasteiger partial charge is 0.479 e. The van der Waals surface area contributed by atoms with Crippen LogP contribution in [-0.2, 0) is 29.1 Å². The van der Waals surface area contributed by atoms with Crippen LogP contribution >= 0.6 is 0 Å². The molecule has 0 amide bonds. The molecule has 90 valence electrons. The Balaban J connectivity index is 2.65. The van der Waals surface area contributed by atoms with Crippen LogP contribution in [0.5, 0.6) is 0 Å². The molecule has 1 atom stereocenters. The van der Waals surface area contributed by atoms with E-state index >= 15 is 0 Å². The Bertz CT molecular complexity index is 360. The van der Waals surface area contributed by atoms with E-state index in [1.807, 2.05) is 24.6 Å². The summed E-state index contributed by atoms with van der Waals surface area (Å²) in [6, 6.07) is 1.96. The summed E-state index contributed by atoms with van der Waals surface area (Å²) >= 11 is 0. The van der Waals surface area contributed by atoms with Gasteiger partial charge in [-0.05, 0) is 26.3 Å². The molecule has 0 aliphatic carbocycles. The normalized spacial score (nSPS) is 12.7. The third-order valence-electron chi connectivity index (χ3n) is 2.40. The molecule has 1 N–H and O–H groups in total. The van der Waals surface area contributed by atoms with Crippen LogP contribution in [0.25, 0.3) is 0 Å². The summed E-state index contributed by atoms with van der Waals surface area (Å²) in [6.07, 6.45) is 0.0828. The summed E-state index contributed by atoms with van der Waals surface area (Å²) in [4.78, 5) is 10.6. The summed E-state index contributed by atoms with van der Waals surface area (Å²) < 4.78 is 7.07. The topological polar surface area (TPSA) is 64.3 Å². The van der Waals surface area contributed by atoms with E-state index in [-0.39, 0.29) is 6.61 Å². The van der Waals surface area contributed by atoms with Crippen molar-refractivity contribution in [1.29, 1.82) is 0 Å². The van der Waals surface area contributed by atoms with Crippen LogP contribution in [0.2, 0.25) is 0 Å². The summed E-state index contributed by atoms with van der Waals surface area (Å²) in [5, 5.41) is 13.0. The number of ether oxygens (including phenoxy) is 1. The highest BCUT2D eigenvalue weighted by Crippen LogP contribution is 2.08. The van der Waals surface area contributed by atoms with Gasteiger partial charge in [0, 0.05) is 6.54 Å². The van der Waals surface area contributed by atoms with Gasteiger partial charge in [0.15, 0.2) is 6.10 Å². The van der Waals surface area contributed by atoms with Gasteiger partial charge in [-0.2, -0.15) is 5.10 Å². The summed E-state index contributed by atoms with van der Waals surface area (Å²) in [5.41, 5.74) is 1.93. The lowest BCUT2D eigenvalue weighted by Gasteiger charge is -2.09. The number of aromatic nitrogens is 2. The third-order valence-corrected chi connectivity index (χ3v) is 2.40. The number of rotatable bonds is 6. The van der Waals surface area contributed by atoms with Crippen LogP contribution < -0.4 is 0 Å². The number of aryl methyl sites for hydroxylation is 2. The van der Waals surface area contributed by atoms with Crippen LogP contribution in [0.15, 0.2) is 6.07 Å². The fraction of sp³-hybridized carbons (Fsp3) is 0.636. The van der Waals surface area contributed by atoms with E-state index in [2.05, 4.69) is 5.10 Å². The van der Waals surface area contributed by atoms with E-state index in [9.17, 15) is 4.79 Å². The maximum atomic E-state index is 10.6. The average Bonchev–Trinajstić information content (AvgIpc) is 2.68. The van der Waals surface area contributed by atoms with Crippen LogP contribution in [-0.4, -0.2) is 27.0 Å². The van der Waals surface area contributed by atoms with Gasteiger partial charge in [-0.25, -0.2) is 4.79 Å². The number of hydrogen-bond donors (Lipinski definition) is 1. The second-order valence-corrected chi connectivity index (χ2v) is 3.59. The fourth-order valence-electron chi connectivity index (χ4n) is 1.36. The van der Waals surface area contributed by atoms with Gasteiger partial charge in [0.2, 0.25) is 0 Å². The Morgan fingerprint density at radius 2 is 2.31 bits per heavy atom. The minimum absolute atomic E-state index is 0.286. The van der Waals surface area contributed by atoms with Gasteiger partial charge in [-0.15, -0.1) is 0 Å². The molecule has 0 bridgehead atoms. The minimum Gasteiger partial charge on any atom is -0.479 e. The third kappa shape index (κ3) is 3.06. The number of aliphatic carboxylic acids is 1. The standard InChI is InChI=1S/C11H18N2O3/c1-4-9-6-10(13(5-2)12-9)7-16-8(3)11(14)15/h6,8H,4-5,7H2,1-3H3,(H,14,15)/t8-/m0/s1. The Morgan fingerprint density at radius 1 is 1.62 bits per heavy atom.